The fourth-order valence-electron chi connectivity index (χ4n) is 2.86. The van der Waals surface area contributed by atoms with Gasteiger partial charge in [-0.25, -0.2) is 0 Å². The molecule has 0 unspecified atom stereocenters. The topological polar surface area (TPSA) is 43.8 Å². The number of aromatic nitrogens is 2. The summed E-state index contributed by atoms with van der Waals surface area (Å²) in [5.41, 5.74) is 12.1. The molecule has 0 saturated carbocycles. The summed E-state index contributed by atoms with van der Waals surface area (Å²) < 4.78 is 3.26. The Hall–Kier alpha value is -1.13. The highest BCUT2D eigenvalue weighted by Gasteiger charge is 2.21. The Morgan fingerprint density at radius 2 is 2.21 bits per heavy atom. The summed E-state index contributed by atoms with van der Waals surface area (Å²) in [5, 5.41) is 4.69. The predicted molar refractivity (Wildman–Crippen MR) is 80.9 cm³/mol. The summed E-state index contributed by atoms with van der Waals surface area (Å²) in [4.78, 5) is 0. The third-order valence-electron chi connectivity index (χ3n) is 3.83. The van der Waals surface area contributed by atoms with E-state index in [2.05, 4.69) is 45.7 Å². The summed E-state index contributed by atoms with van der Waals surface area (Å²) in [6, 6.07) is 6.41. The molecule has 2 N–H and O–H groups in total. The van der Waals surface area contributed by atoms with Crippen LogP contribution < -0.4 is 5.73 Å². The molecule has 0 atom stereocenters. The molecule has 3 rings (SSSR count). The first-order chi connectivity index (χ1) is 9.20. The highest BCUT2D eigenvalue weighted by Crippen LogP contribution is 2.34. The first-order valence-corrected chi connectivity index (χ1v) is 7.55. The molecule has 1 aromatic carbocycles. The van der Waals surface area contributed by atoms with Gasteiger partial charge >= 0.3 is 0 Å². The molecule has 0 amide bonds. The van der Waals surface area contributed by atoms with Crippen molar-refractivity contribution in [2.75, 3.05) is 0 Å². The van der Waals surface area contributed by atoms with Gasteiger partial charge in [0, 0.05) is 28.8 Å². The zero-order valence-corrected chi connectivity index (χ0v) is 12.7. The third-order valence-corrected chi connectivity index (χ3v) is 4.32. The van der Waals surface area contributed by atoms with Crippen LogP contribution in [0.3, 0.4) is 0 Å². The maximum absolute atomic E-state index is 5.90. The lowest BCUT2D eigenvalue weighted by atomic mass is 9.95. The van der Waals surface area contributed by atoms with Crippen molar-refractivity contribution >= 4 is 15.9 Å². The minimum Gasteiger partial charge on any atom is -0.325 e. The molecule has 3 nitrogen and oxygen atoms in total. The van der Waals surface area contributed by atoms with Crippen molar-refractivity contribution < 1.29 is 0 Å². The molecule has 2 heterocycles. The lowest BCUT2D eigenvalue weighted by Gasteiger charge is -2.15. The van der Waals surface area contributed by atoms with E-state index in [0.717, 1.165) is 23.1 Å². The first-order valence-electron chi connectivity index (χ1n) is 6.76. The van der Waals surface area contributed by atoms with Crippen LogP contribution in [0.1, 0.15) is 29.8 Å². The molecule has 0 bridgehead atoms. The smallest absolute Gasteiger partial charge is 0.0841 e. The van der Waals surface area contributed by atoms with Crippen molar-refractivity contribution in [1.29, 1.82) is 0 Å². The van der Waals surface area contributed by atoms with Crippen molar-refractivity contribution in [2.45, 2.75) is 39.3 Å². The normalized spacial score (nSPS) is 14.5. The van der Waals surface area contributed by atoms with E-state index in [1.165, 1.54) is 35.2 Å². The molecule has 19 heavy (non-hydrogen) atoms. The molecular formula is C15H18BrN3. The summed E-state index contributed by atoms with van der Waals surface area (Å²) in [5.74, 6) is 0. The Bertz CT molecular complexity index is 616. The molecule has 1 aromatic heterocycles. The van der Waals surface area contributed by atoms with E-state index < -0.39 is 0 Å². The molecule has 1 aliphatic rings. The van der Waals surface area contributed by atoms with E-state index in [0.29, 0.717) is 6.54 Å². The van der Waals surface area contributed by atoms with Crippen LogP contribution in [-0.2, 0) is 19.5 Å². The number of nitrogens with zero attached hydrogens (tertiary/aromatic N) is 2. The van der Waals surface area contributed by atoms with Crippen molar-refractivity contribution in [3.8, 4) is 11.1 Å². The second kappa shape index (κ2) is 5.10. The fourth-order valence-corrected chi connectivity index (χ4v) is 3.22. The van der Waals surface area contributed by atoms with Gasteiger partial charge in [-0.05, 0) is 49.4 Å². The minimum absolute atomic E-state index is 0.501. The molecule has 0 radical (unpaired) electrons. The second-order valence-electron chi connectivity index (χ2n) is 5.11. The number of hydrogen-bond acceptors (Lipinski definition) is 2. The number of nitrogens with two attached hydrogens (primary N) is 1. The monoisotopic (exact) mass is 319 g/mol. The van der Waals surface area contributed by atoms with Gasteiger partial charge in [-0.2, -0.15) is 5.10 Å². The van der Waals surface area contributed by atoms with Crippen molar-refractivity contribution in [1.82, 2.24) is 9.78 Å². The SMILES string of the molecule is Cc1ccc(Br)cc1-c1c(CN)nn2c1CCCC2. The van der Waals surface area contributed by atoms with Gasteiger partial charge in [0.1, 0.15) is 0 Å². The number of hydrogen-bond donors (Lipinski definition) is 1. The Morgan fingerprint density at radius 1 is 1.37 bits per heavy atom. The van der Waals surface area contributed by atoms with Crippen LogP contribution in [0.15, 0.2) is 22.7 Å². The Kier molecular flexibility index (Phi) is 3.46. The lowest BCUT2D eigenvalue weighted by Crippen LogP contribution is -2.11. The standard InChI is InChI=1S/C15H18BrN3/c1-10-5-6-11(16)8-12(10)15-13(9-17)18-19-7-3-2-4-14(15)19/h5-6,8H,2-4,7,9,17H2,1H3. The number of aryl methyl sites for hydroxylation is 2. The van der Waals surface area contributed by atoms with Crippen LogP contribution in [0.5, 0.6) is 0 Å². The molecule has 0 spiro atoms. The van der Waals surface area contributed by atoms with E-state index in [1.54, 1.807) is 0 Å². The predicted octanol–water partition coefficient (Wildman–Crippen LogP) is 3.42. The van der Waals surface area contributed by atoms with Crippen LogP contribution in [0.4, 0.5) is 0 Å². The first kappa shape index (κ1) is 12.9. The van der Waals surface area contributed by atoms with Gasteiger partial charge in [0.15, 0.2) is 0 Å². The van der Waals surface area contributed by atoms with E-state index in [4.69, 9.17) is 10.8 Å². The van der Waals surface area contributed by atoms with E-state index >= 15 is 0 Å². The Labute approximate surface area is 121 Å². The van der Waals surface area contributed by atoms with E-state index in [1.807, 2.05) is 0 Å². The van der Waals surface area contributed by atoms with Gasteiger partial charge in [-0.3, -0.25) is 4.68 Å². The number of halogens is 1. The number of benzene rings is 1. The highest BCUT2D eigenvalue weighted by molar-refractivity contribution is 9.10. The van der Waals surface area contributed by atoms with Gasteiger partial charge < -0.3 is 5.73 Å². The van der Waals surface area contributed by atoms with Gasteiger partial charge in [-0.1, -0.05) is 22.0 Å². The summed E-state index contributed by atoms with van der Waals surface area (Å²) in [6.45, 7) is 3.67. The minimum atomic E-state index is 0.501. The van der Waals surface area contributed by atoms with E-state index in [9.17, 15) is 0 Å². The lowest BCUT2D eigenvalue weighted by molar-refractivity contribution is 0.484. The van der Waals surface area contributed by atoms with Crippen molar-refractivity contribution in [3.05, 3.63) is 39.6 Å². The van der Waals surface area contributed by atoms with Gasteiger partial charge in [0.2, 0.25) is 0 Å². The van der Waals surface area contributed by atoms with E-state index in [-0.39, 0.29) is 0 Å². The van der Waals surface area contributed by atoms with Crippen molar-refractivity contribution in [3.63, 3.8) is 0 Å². The zero-order chi connectivity index (χ0) is 13.4. The average Bonchev–Trinajstić information content (AvgIpc) is 2.80. The number of fused-ring (bicyclic) bond motifs is 1. The quantitative estimate of drug-likeness (QED) is 0.921. The molecule has 0 fully saturated rings. The Morgan fingerprint density at radius 3 is 3.00 bits per heavy atom. The second-order valence-corrected chi connectivity index (χ2v) is 6.03. The molecule has 2 aromatic rings. The van der Waals surface area contributed by atoms with Crippen molar-refractivity contribution in [2.24, 2.45) is 5.73 Å². The fraction of sp³-hybridized carbons (Fsp3) is 0.400. The Balaban J connectivity index is 2.23. The number of rotatable bonds is 2. The zero-order valence-electron chi connectivity index (χ0n) is 11.1. The largest absolute Gasteiger partial charge is 0.325 e. The molecule has 1 aliphatic heterocycles. The van der Waals surface area contributed by atoms with Crippen LogP contribution in [0, 0.1) is 6.92 Å². The molecule has 0 aliphatic carbocycles. The van der Waals surface area contributed by atoms with Crippen LogP contribution in [0.25, 0.3) is 11.1 Å². The molecule has 0 saturated heterocycles. The molecular weight excluding hydrogens is 302 g/mol. The maximum atomic E-state index is 5.90. The summed E-state index contributed by atoms with van der Waals surface area (Å²) >= 11 is 3.57. The molecule has 4 heteroatoms. The summed E-state index contributed by atoms with van der Waals surface area (Å²) in [7, 11) is 0. The summed E-state index contributed by atoms with van der Waals surface area (Å²) in [6.07, 6.45) is 3.57. The van der Waals surface area contributed by atoms with Crippen LogP contribution >= 0.6 is 15.9 Å². The third kappa shape index (κ3) is 2.23. The highest BCUT2D eigenvalue weighted by atomic mass is 79.9. The van der Waals surface area contributed by atoms with Crippen LogP contribution in [0.2, 0.25) is 0 Å². The molecule has 100 valence electrons. The van der Waals surface area contributed by atoms with Crippen LogP contribution in [-0.4, -0.2) is 9.78 Å². The van der Waals surface area contributed by atoms with Gasteiger partial charge in [-0.15, -0.1) is 0 Å². The van der Waals surface area contributed by atoms with Gasteiger partial charge in [0.05, 0.1) is 5.69 Å². The average molecular weight is 320 g/mol. The van der Waals surface area contributed by atoms with Gasteiger partial charge in [0.25, 0.3) is 0 Å². The maximum Gasteiger partial charge on any atom is 0.0841 e.